The van der Waals surface area contributed by atoms with E-state index in [0.29, 0.717) is 17.7 Å². The van der Waals surface area contributed by atoms with Gasteiger partial charge in [0.1, 0.15) is 5.82 Å². The van der Waals surface area contributed by atoms with E-state index in [0.717, 1.165) is 11.8 Å². The Labute approximate surface area is 97.3 Å². The summed E-state index contributed by atoms with van der Waals surface area (Å²) >= 11 is 1.52. The van der Waals surface area contributed by atoms with Gasteiger partial charge in [-0.15, -0.1) is 0 Å². The zero-order chi connectivity index (χ0) is 12.0. The van der Waals surface area contributed by atoms with Crippen LogP contribution in [0.1, 0.15) is 22.3 Å². The van der Waals surface area contributed by atoms with Crippen LogP contribution in [0.3, 0.4) is 0 Å². The zero-order valence-corrected chi connectivity index (χ0v) is 9.47. The van der Waals surface area contributed by atoms with Crippen LogP contribution in [-0.2, 0) is 5.75 Å². The number of aliphatic hydroxyl groups is 1. The maximum atomic E-state index is 12.8. The average Bonchev–Trinajstić information content (AvgIpc) is 2.26. The van der Waals surface area contributed by atoms with Crippen LogP contribution in [0.25, 0.3) is 0 Å². The van der Waals surface area contributed by atoms with E-state index in [4.69, 9.17) is 10.2 Å². The fourth-order valence-corrected chi connectivity index (χ4v) is 2.17. The fourth-order valence-electron chi connectivity index (χ4n) is 1.22. The number of benzene rings is 1. The molecule has 1 aromatic carbocycles. The summed E-state index contributed by atoms with van der Waals surface area (Å²) in [5, 5.41) is 17.5. The highest BCUT2D eigenvalue weighted by molar-refractivity contribution is 7.98. The third-order valence-corrected chi connectivity index (χ3v) is 3.10. The molecule has 0 saturated carbocycles. The number of rotatable bonds is 6. The Balaban J connectivity index is 2.67. The molecular weight excluding hydrogens is 231 g/mol. The van der Waals surface area contributed by atoms with Crippen LogP contribution in [0.15, 0.2) is 18.2 Å². The van der Waals surface area contributed by atoms with Crippen LogP contribution in [0.5, 0.6) is 0 Å². The van der Waals surface area contributed by atoms with Gasteiger partial charge in [-0.2, -0.15) is 11.8 Å². The lowest BCUT2D eigenvalue weighted by molar-refractivity contribution is 0.0695. The first-order valence-electron chi connectivity index (χ1n) is 4.85. The number of hydrogen-bond donors (Lipinski definition) is 2. The predicted octanol–water partition coefficient (Wildman–Crippen LogP) is 2.14. The van der Waals surface area contributed by atoms with Crippen molar-refractivity contribution in [2.75, 3.05) is 12.4 Å². The minimum Gasteiger partial charge on any atom is -0.478 e. The smallest absolute Gasteiger partial charge is 0.336 e. The number of thioether (sulfide) groups is 1. The molecule has 0 aliphatic heterocycles. The minimum atomic E-state index is -1.11. The van der Waals surface area contributed by atoms with Crippen LogP contribution in [0.4, 0.5) is 4.39 Å². The third-order valence-electron chi connectivity index (χ3n) is 2.01. The maximum Gasteiger partial charge on any atom is 0.336 e. The Morgan fingerprint density at radius 1 is 1.44 bits per heavy atom. The molecule has 1 rings (SSSR count). The number of carboxylic acid groups (broad SMARTS) is 1. The van der Waals surface area contributed by atoms with Crippen molar-refractivity contribution in [2.45, 2.75) is 12.2 Å². The Morgan fingerprint density at radius 2 is 2.19 bits per heavy atom. The summed E-state index contributed by atoms with van der Waals surface area (Å²) in [6.07, 6.45) is 0.675. The minimum absolute atomic E-state index is 0.0106. The van der Waals surface area contributed by atoms with Gasteiger partial charge in [-0.3, -0.25) is 0 Å². The molecule has 1 aromatic rings. The second kappa shape index (κ2) is 6.50. The van der Waals surface area contributed by atoms with Crippen molar-refractivity contribution in [3.8, 4) is 0 Å². The van der Waals surface area contributed by atoms with Crippen molar-refractivity contribution in [3.63, 3.8) is 0 Å². The van der Waals surface area contributed by atoms with E-state index in [9.17, 15) is 9.18 Å². The van der Waals surface area contributed by atoms with Crippen molar-refractivity contribution in [2.24, 2.45) is 0 Å². The van der Waals surface area contributed by atoms with Crippen LogP contribution in [-0.4, -0.2) is 28.5 Å². The first-order chi connectivity index (χ1) is 7.65. The largest absolute Gasteiger partial charge is 0.478 e. The van der Waals surface area contributed by atoms with E-state index in [1.807, 2.05) is 0 Å². The molecule has 0 bridgehead atoms. The molecule has 0 amide bonds. The van der Waals surface area contributed by atoms with Gasteiger partial charge in [0, 0.05) is 12.4 Å². The number of carboxylic acids is 1. The van der Waals surface area contributed by atoms with Gasteiger partial charge in [-0.05, 0) is 29.9 Å². The molecule has 3 nitrogen and oxygen atoms in total. The van der Waals surface area contributed by atoms with Crippen molar-refractivity contribution < 1.29 is 19.4 Å². The van der Waals surface area contributed by atoms with E-state index in [1.165, 1.54) is 23.9 Å². The lowest BCUT2D eigenvalue weighted by Gasteiger charge is -2.05. The van der Waals surface area contributed by atoms with E-state index in [2.05, 4.69) is 0 Å². The molecule has 0 unspecified atom stereocenters. The molecule has 0 aliphatic carbocycles. The van der Waals surface area contributed by atoms with Gasteiger partial charge in [-0.1, -0.05) is 6.07 Å². The Hall–Kier alpha value is -1.07. The lowest BCUT2D eigenvalue weighted by atomic mass is 10.1. The first kappa shape index (κ1) is 13.0. The molecule has 0 spiro atoms. The Kier molecular flexibility index (Phi) is 5.28. The number of halogens is 1. The fraction of sp³-hybridized carbons (Fsp3) is 0.364. The van der Waals surface area contributed by atoms with Crippen molar-refractivity contribution in [3.05, 3.63) is 35.1 Å². The van der Waals surface area contributed by atoms with Gasteiger partial charge < -0.3 is 10.2 Å². The molecule has 0 aromatic heterocycles. The molecule has 0 aliphatic rings. The predicted molar refractivity (Wildman–Crippen MR) is 61.2 cm³/mol. The molecule has 0 fully saturated rings. The highest BCUT2D eigenvalue weighted by Crippen LogP contribution is 2.18. The highest BCUT2D eigenvalue weighted by atomic mass is 32.2. The van der Waals surface area contributed by atoms with Crippen LogP contribution < -0.4 is 0 Å². The van der Waals surface area contributed by atoms with Crippen LogP contribution >= 0.6 is 11.8 Å². The molecule has 88 valence electrons. The van der Waals surface area contributed by atoms with Gasteiger partial charge >= 0.3 is 5.97 Å². The summed E-state index contributed by atoms with van der Waals surface area (Å²) in [5.74, 6) is -0.381. The first-order valence-corrected chi connectivity index (χ1v) is 6.01. The maximum absolute atomic E-state index is 12.8. The van der Waals surface area contributed by atoms with Gasteiger partial charge in [-0.25, -0.2) is 9.18 Å². The monoisotopic (exact) mass is 244 g/mol. The van der Waals surface area contributed by atoms with Crippen molar-refractivity contribution in [1.29, 1.82) is 0 Å². The number of carbonyl (C=O) groups is 1. The summed E-state index contributed by atoms with van der Waals surface area (Å²) in [6.45, 7) is 0.127. The molecule has 0 heterocycles. The van der Waals surface area contributed by atoms with Crippen LogP contribution in [0.2, 0.25) is 0 Å². The summed E-state index contributed by atoms with van der Waals surface area (Å²) in [7, 11) is 0. The molecule has 0 radical (unpaired) electrons. The number of aromatic carboxylic acids is 1. The Bertz CT molecular complexity index is 368. The second-order valence-corrected chi connectivity index (χ2v) is 4.34. The third kappa shape index (κ3) is 3.83. The Morgan fingerprint density at radius 3 is 2.81 bits per heavy atom. The SMILES string of the molecule is O=C(O)c1cc(F)ccc1CSCCCO. The summed E-state index contributed by atoms with van der Waals surface area (Å²) in [6, 6.07) is 3.78. The molecule has 5 heteroatoms. The quantitative estimate of drug-likeness (QED) is 0.753. The molecular formula is C11H13FO3S. The molecule has 2 N–H and O–H groups in total. The van der Waals surface area contributed by atoms with Crippen molar-refractivity contribution >= 4 is 17.7 Å². The van der Waals surface area contributed by atoms with E-state index in [1.54, 1.807) is 0 Å². The van der Waals surface area contributed by atoms with Crippen molar-refractivity contribution in [1.82, 2.24) is 0 Å². The molecule has 16 heavy (non-hydrogen) atoms. The van der Waals surface area contributed by atoms with Gasteiger partial charge in [0.15, 0.2) is 0 Å². The second-order valence-electron chi connectivity index (χ2n) is 3.24. The highest BCUT2D eigenvalue weighted by Gasteiger charge is 2.10. The topological polar surface area (TPSA) is 57.5 Å². The normalized spacial score (nSPS) is 10.4. The standard InChI is InChI=1S/C11H13FO3S/c12-9-3-2-8(7-16-5-1-4-13)10(6-9)11(14)15/h2-3,6,13H,1,4-5,7H2,(H,14,15). The summed E-state index contributed by atoms with van der Waals surface area (Å²) < 4.78 is 12.8. The molecule has 0 saturated heterocycles. The van der Waals surface area contributed by atoms with E-state index >= 15 is 0 Å². The number of aliphatic hydroxyl groups excluding tert-OH is 1. The van der Waals surface area contributed by atoms with Gasteiger partial charge in [0.05, 0.1) is 5.56 Å². The zero-order valence-electron chi connectivity index (χ0n) is 8.65. The lowest BCUT2D eigenvalue weighted by Crippen LogP contribution is -2.02. The van der Waals surface area contributed by atoms with Gasteiger partial charge in [0.25, 0.3) is 0 Å². The number of hydrogen-bond acceptors (Lipinski definition) is 3. The summed E-state index contributed by atoms with van der Waals surface area (Å²) in [4.78, 5) is 10.8. The van der Waals surface area contributed by atoms with E-state index in [-0.39, 0.29) is 12.2 Å². The van der Waals surface area contributed by atoms with Crippen LogP contribution in [0, 0.1) is 5.82 Å². The average molecular weight is 244 g/mol. The van der Waals surface area contributed by atoms with E-state index < -0.39 is 11.8 Å². The molecule has 0 atom stereocenters. The summed E-state index contributed by atoms with van der Waals surface area (Å²) in [5.41, 5.74) is 0.619. The van der Waals surface area contributed by atoms with Gasteiger partial charge in [0.2, 0.25) is 0 Å².